The summed E-state index contributed by atoms with van der Waals surface area (Å²) in [6, 6.07) is 19.1. The summed E-state index contributed by atoms with van der Waals surface area (Å²) in [5, 5.41) is 0. The van der Waals surface area contributed by atoms with E-state index >= 15 is 0 Å². The molecule has 2 aromatic rings. The molecule has 0 saturated carbocycles. The highest BCUT2D eigenvalue weighted by Gasteiger charge is 2.11. The van der Waals surface area contributed by atoms with Crippen LogP contribution in [0.1, 0.15) is 24.1 Å². The van der Waals surface area contributed by atoms with Gasteiger partial charge in [-0.15, -0.1) is 0 Å². The molecule has 1 unspecified atom stereocenters. The standard InChI is InChI=1S/C16H20N2/c1-13(15-6-4-3-5-7-15)18(2)12-14-8-10-16(17)11-9-14/h3-11,13H,12,17H2,1-2H3. The zero-order chi connectivity index (χ0) is 13.0. The van der Waals surface area contributed by atoms with Crippen LogP contribution in [-0.2, 0) is 6.54 Å². The topological polar surface area (TPSA) is 29.3 Å². The fraction of sp³-hybridized carbons (Fsp3) is 0.250. The molecule has 0 aliphatic rings. The second-order valence-electron chi connectivity index (χ2n) is 4.74. The molecule has 1 atom stereocenters. The van der Waals surface area contributed by atoms with E-state index in [2.05, 4.69) is 61.3 Å². The Kier molecular flexibility index (Phi) is 4.00. The van der Waals surface area contributed by atoms with Crippen molar-refractivity contribution >= 4 is 5.69 Å². The first kappa shape index (κ1) is 12.7. The molecule has 2 nitrogen and oxygen atoms in total. The Balaban J connectivity index is 2.03. The van der Waals surface area contributed by atoms with E-state index in [0.717, 1.165) is 12.2 Å². The molecular formula is C16H20N2. The van der Waals surface area contributed by atoms with Crippen LogP contribution >= 0.6 is 0 Å². The van der Waals surface area contributed by atoms with Gasteiger partial charge in [-0.3, -0.25) is 4.90 Å². The number of nitrogens with two attached hydrogens (primary N) is 1. The molecule has 18 heavy (non-hydrogen) atoms. The lowest BCUT2D eigenvalue weighted by molar-refractivity contribution is 0.253. The van der Waals surface area contributed by atoms with Crippen molar-refractivity contribution in [3.05, 3.63) is 65.7 Å². The van der Waals surface area contributed by atoms with Gasteiger partial charge >= 0.3 is 0 Å². The minimum atomic E-state index is 0.406. The normalized spacial score (nSPS) is 12.6. The van der Waals surface area contributed by atoms with Gasteiger partial charge < -0.3 is 5.73 Å². The van der Waals surface area contributed by atoms with Crippen molar-refractivity contribution in [1.82, 2.24) is 4.90 Å². The second-order valence-corrected chi connectivity index (χ2v) is 4.74. The van der Waals surface area contributed by atoms with Crippen LogP contribution in [0.5, 0.6) is 0 Å². The lowest BCUT2D eigenvalue weighted by Crippen LogP contribution is -2.21. The molecule has 0 heterocycles. The Bertz CT molecular complexity index is 476. The predicted octanol–water partition coefficient (Wildman–Crippen LogP) is 3.46. The van der Waals surface area contributed by atoms with E-state index in [1.807, 2.05) is 12.1 Å². The summed E-state index contributed by atoms with van der Waals surface area (Å²) in [6.07, 6.45) is 0. The van der Waals surface area contributed by atoms with Crippen LogP contribution in [0.3, 0.4) is 0 Å². The fourth-order valence-electron chi connectivity index (χ4n) is 2.03. The van der Waals surface area contributed by atoms with Crippen LogP contribution in [0, 0.1) is 0 Å². The van der Waals surface area contributed by atoms with Crippen LogP contribution in [0.25, 0.3) is 0 Å². The first-order chi connectivity index (χ1) is 8.66. The van der Waals surface area contributed by atoms with Crippen molar-refractivity contribution in [2.75, 3.05) is 12.8 Å². The molecule has 0 aliphatic heterocycles. The lowest BCUT2D eigenvalue weighted by Gasteiger charge is -2.25. The maximum atomic E-state index is 5.69. The molecule has 0 saturated heterocycles. The Labute approximate surface area is 109 Å². The highest BCUT2D eigenvalue weighted by Crippen LogP contribution is 2.20. The molecule has 0 aromatic heterocycles. The van der Waals surface area contributed by atoms with E-state index in [1.165, 1.54) is 11.1 Å². The van der Waals surface area contributed by atoms with Gasteiger partial charge in [-0.1, -0.05) is 42.5 Å². The molecule has 2 heteroatoms. The van der Waals surface area contributed by atoms with Crippen LogP contribution in [0.15, 0.2) is 54.6 Å². The number of hydrogen-bond donors (Lipinski definition) is 1. The molecule has 0 spiro atoms. The third-order valence-electron chi connectivity index (χ3n) is 3.35. The summed E-state index contributed by atoms with van der Waals surface area (Å²) in [5.74, 6) is 0. The van der Waals surface area contributed by atoms with Gasteiger partial charge in [0, 0.05) is 18.3 Å². The van der Waals surface area contributed by atoms with E-state index in [9.17, 15) is 0 Å². The summed E-state index contributed by atoms with van der Waals surface area (Å²) in [5.41, 5.74) is 9.14. The molecule has 2 N–H and O–H groups in total. The minimum absolute atomic E-state index is 0.406. The van der Waals surface area contributed by atoms with E-state index in [0.29, 0.717) is 6.04 Å². The molecule has 2 rings (SSSR count). The number of hydrogen-bond acceptors (Lipinski definition) is 2. The van der Waals surface area contributed by atoms with Crippen LogP contribution in [0.4, 0.5) is 5.69 Å². The van der Waals surface area contributed by atoms with Crippen molar-refractivity contribution < 1.29 is 0 Å². The smallest absolute Gasteiger partial charge is 0.0320 e. The number of benzene rings is 2. The Morgan fingerprint density at radius 1 is 1.00 bits per heavy atom. The van der Waals surface area contributed by atoms with Crippen LogP contribution in [0.2, 0.25) is 0 Å². The number of anilines is 1. The number of nitrogen functional groups attached to an aromatic ring is 1. The molecule has 0 amide bonds. The first-order valence-corrected chi connectivity index (χ1v) is 6.26. The second kappa shape index (κ2) is 5.69. The summed E-state index contributed by atoms with van der Waals surface area (Å²) in [4.78, 5) is 2.33. The van der Waals surface area contributed by atoms with Crippen molar-refractivity contribution in [3.8, 4) is 0 Å². The van der Waals surface area contributed by atoms with Crippen molar-refractivity contribution in [1.29, 1.82) is 0 Å². The zero-order valence-electron chi connectivity index (χ0n) is 11.0. The quantitative estimate of drug-likeness (QED) is 0.829. The molecule has 0 bridgehead atoms. The van der Waals surface area contributed by atoms with Crippen molar-refractivity contribution in [3.63, 3.8) is 0 Å². The van der Waals surface area contributed by atoms with Crippen molar-refractivity contribution in [2.24, 2.45) is 0 Å². The molecule has 0 radical (unpaired) electrons. The maximum absolute atomic E-state index is 5.69. The summed E-state index contributed by atoms with van der Waals surface area (Å²) in [6.45, 7) is 3.16. The fourth-order valence-corrected chi connectivity index (χ4v) is 2.03. The van der Waals surface area contributed by atoms with Crippen LogP contribution in [-0.4, -0.2) is 11.9 Å². The van der Waals surface area contributed by atoms with Gasteiger partial charge in [0.05, 0.1) is 0 Å². The number of rotatable bonds is 4. The summed E-state index contributed by atoms with van der Waals surface area (Å²) in [7, 11) is 2.15. The highest BCUT2D eigenvalue weighted by atomic mass is 15.1. The predicted molar refractivity (Wildman–Crippen MR) is 77.2 cm³/mol. The summed E-state index contributed by atoms with van der Waals surface area (Å²) < 4.78 is 0. The van der Waals surface area contributed by atoms with Gasteiger partial charge in [-0.25, -0.2) is 0 Å². The SMILES string of the molecule is CC(c1ccccc1)N(C)Cc1ccc(N)cc1. The van der Waals surface area contributed by atoms with Crippen LogP contribution < -0.4 is 5.73 Å². The Hall–Kier alpha value is -1.80. The van der Waals surface area contributed by atoms with Gasteiger partial charge in [0.15, 0.2) is 0 Å². The van der Waals surface area contributed by atoms with Gasteiger partial charge in [0.25, 0.3) is 0 Å². The Morgan fingerprint density at radius 3 is 2.22 bits per heavy atom. The third kappa shape index (κ3) is 3.11. The lowest BCUT2D eigenvalue weighted by atomic mass is 10.1. The average molecular weight is 240 g/mol. The molecule has 0 fully saturated rings. The van der Waals surface area contributed by atoms with E-state index in [4.69, 9.17) is 5.73 Å². The number of nitrogens with zero attached hydrogens (tertiary/aromatic N) is 1. The van der Waals surface area contributed by atoms with Crippen molar-refractivity contribution in [2.45, 2.75) is 19.5 Å². The highest BCUT2D eigenvalue weighted by molar-refractivity contribution is 5.39. The first-order valence-electron chi connectivity index (χ1n) is 6.26. The summed E-state index contributed by atoms with van der Waals surface area (Å²) >= 11 is 0. The third-order valence-corrected chi connectivity index (χ3v) is 3.35. The monoisotopic (exact) mass is 240 g/mol. The Morgan fingerprint density at radius 2 is 1.61 bits per heavy atom. The molecular weight excluding hydrogens is 220 g/mol. The van der Waals surface area contributed by atoms with E-state index < -0.39 is 0 Å². The largest absolute Gasteiger partial charge is 0.399 e. The van der Waals surface area contributed by atoms with Gasteiger partial charge in [-0.2, -0.15) is 0 Å². The molecule has 0 aliphatic carbocycles. The molecule has 2 aromatic carbocycles. The van der Waals surface area contributed by atoms with E-state index in [-0.39, 0.29) is 0 Å². The molecule has 94 valence electrons. The zero-order valence-corrected chi connectivity index (χ0v) is 11.0. The van der Waals surface area contributed by atoms with Gasteiger partial charge in [0.2, 0.25) is 0 Å². The van der Waals surface area contributed by atoms with E-state index in [1.54, 1.807) is 0 Å². The van der Waals surface area contributed by atoms with Gasteiger partial charge in [-0.05, 0) is 37.2 Å². The minimum Gasteiger partial charge on any atom is -0.399 e. The van der Waals surface area contributed by atoms with Gasteiger partial charge in [0.1, 0.15) is 0 Å². The average Bonchev–Trinajstić information content (AvgIpc) is 2.41. The maximum Gasteiger partial charge on any atom is 0.0320 e.